The van der Waals surface area contributed by atoms with E-state index in [-0.39, 0.29) is 5.91 Å². The van der Waals surface area contributed by atoms with Crippen LogP contribution in [0.25, 0.3) is 0 Å². The summed E-state index contributed by atoms with van der Waals surface area (Å²) in [6, 6.07) is 4.59. The molecule has 3 rings (SSSR count). The van der Waals surface area contributed by atoms with Crippen molar-refractivity contribution in [2.45, 2.75) is 38.3 Å². The van der Waals surface area contributed by atoms with Crippen LogP contribution in [0.3, 0.4) is 0 Å². The molecule has 1 aliphatic heterocycles. The monoisotopic (exact) mass is 304 g/mol. The van der Waals surface area contributed by atoms with Gasteiger partial charge in [0, 0.05) is 32.1 Å². The molecule has 1 aliphatic carbocycles. The molecule has 5 nitrogen and oxygen atoms in total. The Morgan fingerprint density at radius 3 is 2.55 bits per heavy atom. The number of fused-ring (bicyclic) bond motifs is 1. The van der Waals surface area contributed by atoms with Gasteiger partial charge < -0.3 is 14.8 Å². The Morgan fingerprint density at radius 2 is 1.91 bits per heavy atom. The van der Waals surface area contributed by atoms with E-state index in [1.165, 1.54) is 11.1 Å². The largest absolute Gasteiger partial charge is 0.493 e. The van der Waals surface area contributed by atoms with Gasteiger partial charge >= 0.3 is 0 Å². The number of hydrogen-bond acceptors (Lipinski definition) is 4. The number of ether oxygens (including phenoxy) is 2. The van der Waals surface area contributed by atoms with Crippen LogP contribution >= 0.6 is 0 Å². The van der Waals surface area contributed by atoms with Crippen molar-refractivity contribution in [2.75, 3.05) is 27.3 Å². The highest BCUT2D eigenvalue weighted by atomic mass is 16.5. The second kappa shape index (κ2) is 6.57. The fourth-order valence-corrected chi connectivity index (χ4v) is 2.92. The number of hydrogen-bond donors (Lipinski definition) is 1. The summed E-state index contributed by atoms with van der Waals surface area (Å²) in [5.41, 5.74) is 2.59. The standard InChI is InChI=1S/C17H24N2O3/c1-21-15-9-12-5-7-19(11-13(12)10-16(15)22-2)8-6-17(20)18-14-3-4-14/h9-10,14H,3-8,11H2,1-2H3,(H,18,20). The van der Waals surface area contributed by atoms with Gasteiger partial charge in [-0.05, 0) is 42.5 Å². The van der Waals surface area contributed by atoms with Crippen molar-refractivity contribution in [3.63, 3.8) is 0 Å². The average Bonchev–Trinajstić information content (AvgIpc) is 3.35. The topological polar surface area (TPSA) is 50.8 Å². The van der Waals surface area contributed by atoms with E-state index in [1.807, 2.05) is 0 Å². The Labute approximate surface area is 131 Å². The van der Waals surface area contributed by atoms with Crippen LogP contribution < -0.4 is 14.8 Å². The van der Waals surface area contributed by atoms with Gasteiger partial charge in [-0.25, -0.2) is 0 Å². The van der Waals surface area contributed by atoms with Crippen molar-refractivity contribution < 1.29 is 14.3 Å². The van der Waals surface area contributed by atoms with Crippen LogP contribution in [0.5, 0.6) is 11.5 Å². The molecular formula is C17H24N2O3. The van der Waals surface area contributed by atoms with E-state index in [0.717, 1.165) is 50.4 Å². The van der Waals surface area contributed by atoms with Gasteiger partial charge in [0.25, 0.3) is 0 Å². The van der Waals surface area contributed by atoms with Crippen molar-refractivity contribution in [3.8, 4) is 11.5 Å². The zero-order valence-corrected chi connectivity index (χ0v) is 13.4. The molecule has 120 valence electrons. The SMILES string of the molecule is COc1cc2c(cc1OC)CN(CCC(=O)NC1CC1)CC2. The third-order valence-corrected chi connectivity index (χ3v) is 4.39. The van der Waals surface area contributed by atoms with Crippen LogP contribution in [-0.4, -0.2) is 44.2 Å². The normalized spacial score (nSPS) is 17.7. The molecule has 1 amide bonds. The molecule has 0 unspecified atom stereocenters. The van der Waals surface area contributed by atoms with Crippen molar-refractivity contribution in [3.05, 3.63) is 23.3 Å². The molecule has 0 saturated heterocycles. The lowest BCUT2D eigenvalue weighted by atomic mass is 9.98. The van der Waals surface area contributed by atoms with Gasteiger partial charge in [-0.3, -0.25) is 9.69 Å². The highest BCUT2D eigenvalue weighted by Crippen LogP contribution is 2.33. The van der Waals surface area contributed by atoms with E-state index < -0.39 is 0 Å². The predicted octanol–water partition coefficient (Wildman–Crippen LogP) is 1.73. The van der Waals surface area contributed by atoms with E-state index >= 15 is 0 Å². The van der Waals surface area contributed by atoms with E-state index in [1.54, 1.807) is 14.2 Å². The first-order valence-corrected chi connectivity index (χ1v) is 7.95. The van der Waals surface area contributed by atoms with Gasteiger partial charge in [0.2, 0.25) is 5.91 Å². The fraction of sp³-hybridized carbons (Fsp3) is 0.588. The predicted molar refractivity (Wildman–Crippen MR) is 84.3 cm³/mol. The second-order valence-electron chi connectivity index (χ2n) is 6.09. The van der Waals surface area contributed by atoms with Gasteiger partial charge in [-0.15, -0.1) is 0 Å². The number of methoxy groups -OCH3 is 2. The summed E-state index contributed by atoms with van der Waals surface area (Å²) in [6.07, 6.45) is 3.86. The first-order valence-electron chi connectivity index (χ1n) is 7.95. The van der Waals surface area contributed by atoms with Crippen molar-refractivity contribution in [1.82, 2.24) is 10.2 Å². The molecule has 1 N–H and O–H groups in total. The van der Waals surface area contributed by atoms with Gasteiger partial charge in [0.15, 0.2) is 11.5 Å². The smallest absolute Gasteiger partial charge is 0.221 e. The van der Waals surface area contributed by atoms with Crippen molar-refractivity contribution >= 4 is 5.91 Å². The minimum absolute atomic E-state index is 0.181. The quantitative estimate of drug-likeness (QED) is 0.869. The van der Waals surface area contributed by atoms with Crippen molar-refractivity contribution in [1.29, 1.82) is 0 Å². The Balaban J connectivity index is 1.59. The second-order valence-corrected chi connectivity index (χ2v) is 6.09. The number of carbonyl (C=O) groups excluding carboxylic acids is 1. The first-order chi connectivity index (χ1) is 10.7. The summed E-state index contributed by atoms with van der Waals surface area (Å²) >= 11 is 0. The molecule has 22 heavy (non-hydrogen) atoms. The summed E-state index contributed by atoms with van der Waals surface area (Å²) in [5.74, 6) is 1.74. The van der Waals surface area contributed by atoms with Crippen LogP contribution in [0.2, 0.25) is 0 Å². The summed E-state index contributed by atoms with van der Waals surface area (Å²) in [4.78, 5) is 14.1. The van der Waals surface area contributed by atoms with Gasteiger partial charge in [0.1, 0.15) is 0 Å². The van der Waals surface area contributed by atoms with Gasteiger partial charge in [0.05, 0.1) is 14.2 Å². The van der Waals surface area contributed by atoms with Crippen molar-refractivity contribution in [2.24, 2.45) is 0 Å². The van der Waals surface area contributed by atoms with Gasteiger partial charge in [-0.2, -0.15) is 0 Å². The van der Waals surface area contributed by atoms with E-state index in [0.29, 0.717) is 12.5 Å². The van der Waals surface area contributed by atoms with Crippen LogP contribution in [0.15, 0.2) is 12.1 Å². The number of nitrogens with one attached hydrogen (secondary N) is 1. The first kappa shape index (κ1) is 15.2. The number of nitrogens with zero attached hydrogens (tertiary/aromatic N) is 1. The van der Waals surface area contributed by atoms with Crippen LogP contribution in [0, 0.1) is 0 Å². The Bertz CT molecular complexity index is 555. The molecule has 1 aromatic rings. The highest BCUT2D eigenvalue weighted by molar-refractivity contribution is 5.76. The lowest BCUT2D eigenvalue weighted by Crippen LogP contribution is -2.35. The van der Waals surface area contributed by atoms with E-state index in [4.69, 9.17) is 9.47 Å². The Hall–Kier alpha value is -1.75. The molecule has 2 aliphatic rings. The Morgan fingerprint density at radius 1 is 1.23 bits per heavy atom. The Kier molecular flexibility index (Phi) is 4.52. The molecule has 0 atom stereocenters. The average molecular weight is 304 g/mol. The molecule has 1 fully saturated rings. The van der Waals surface area contributed by atoms with E-state index in [2.05, 4.69) is 22.3 Å². The molecule has 0 radical (unpaired) electrons. The molecule has 1 aromatic carbocycles. The molecule has 1 saturated carbocycles. The molecule has 0 aromatic heterocycles. The molecule has 5 heteroatoms. The lowest BCUT2D eigenvalue weighted by Gasteiger charge is -2.29. The summed E-state index contributed by atoms with van der Waals surface area (Å²) in [5, 5.41) is 3.04. The van der Waals surface area contributed by atoms with Crippen LogP contribution in [-0.2, 0) is 17.8 Å². The van der Waals surface area contributed by atoms with Gasteiger partial charge in [-0.1, -0.05) is 0 Å². The molecule has 1 heterocycles. The number of benzene rings is 1. The minimum Gasteiger partial charge on any atom is -0.493 e. The fourth-order valence-electron chi connectivity index (χ4n) is 2.92. The minimum atomic E-state index is 0.181. The maximum Gasteiger partial charge on any atom is 0.221 e. The summed E-state index contributed by atoms with van der Waals surface area (Å²) < 4.78 is 10.7. The maximum absolute atomic E-state index is 11.8. The highest BCUT2D eigenvalue weighted by Gasteiger charge is 2.24. The molecule has 0 spiro atoms. The third kappa shape index (κ3) is 3.53. The zero-order valence-electron chi connectivity index (χ0n) is 13.4. The number of amides is 1. The molecule has 0 bridgehead atoms. The van der Waals surface area contributed by atoms with Crippen LogP contribution in [0.4, 0.5) is 0 Å². The maximum atomic E-state index is 11.8. The van der Waals surface area contributed by atoms with E-state index in [9.17, 15) is 4.79 Å². The number of rotatable bonds is 6. The molecular weight excluding hydrogens is 280 g/mol. The summed E-state index contributed by atoms with van der Waals surface area (Å²) in [7, 11) is 3.32. The third-order valence-electron chi connectivity index (χ3n) is 4.39. The number of carbonyl (C=O) groups is 1. The zero-order chi connectivity index (χ0) is 15.5. The summed E-state index contributed by atoms with van der Waals surface area (Å²) in [6.45, 7) is 2.66. The van der Waals surface area contributed by atoms with Crippen LogP contribution in [0.1, 0.15) is 30.4 Å². The lowest BCUT2D eigenvalue weighted by molar-refractivity contribution is -0.121.